The molecule has 1 N–H and O–H groups in total. The molecule has 186 valence electrons. The minimum atomic E-state index is -0.755. The highest BCUT2D eigenvalue weighted by molar-refractivity contribution is 5.72. The topological polar surface area (TPSA) is 55.8 Å². The quantitative estimate of drug-likeness (QED) is 0.329. The van der Waals surface area contributed by atoms with Crippen LogP contribution < -0.4 is 9.47 Å². The fourth-order valence-corrected chi connectivity index (χ4v) is 4.23. The number of carbonyl (C=O) groups is 1. The van der Waals surface area contributed by atoms with Crippen molar-refractivity contribution in [2.45, 2.75) is 59.0 Å². The van der Waals surface area contributed by atoms with Crippen molar-refractivity contribution in [1.29, 1.82) is 0 Å². The first kappa shape index (κ1) is 26.3. The van der Waals surface area contributed by atoms with Crippen LogP contribution in [0.4, 0.5) is 4.39 Å². The van der Waals surface area contributed by atoms with Gasteiger partial charge in [0.25, 0.3) is 0 Å². The van der Waals surface area contributed by atoms with Gasteiger partial charge in [-0.2, -0.15) is 0 Å². The molecule has 1 atom stereocenters. The Bertz CT molecular complexity index is 1150. The Kier molecular flexibility index (Phi) is 8.55. The predicted molar refractivity (Wildman–Crippen MR) is 138 cm³/mol. The number of rotatable bonds is 10. The summed E-state index contributed by atoms with van der Waals surface area (Å²) in [5.41, 5.74) is 4.09. The Labute approximate surface area is 207 Å². The number of halogens is 1. The van der Waals surface area contributed by atoms with E-state index in [0.29, 0.717) is 36.5 Å². The van der Waals surface area contributed by atoms with Crippen LogP contribution in [0.2, 0.25) is 0 Å². The number of hydrogen-bond donors (Lipinski definition) is 1. The summed E-state index contributed by atoms with van der Waals surface area (Å²) in [6, 6.07) is 18.4. The Balaban J connectivity index is 1.80. The SMILES string of the molecule is CCCC(Cc1ccc(OCc2ccc(C(C)(C)C)c(-c3cc(OC)ccc3F)c2)cc1)C(=O)O. The van der Waals surface area contributed by atoms with Gasteiger partial charge < -0.3 is 14.6 Å². The van der Waals surface area contributed by atoms with Gasteiger partial charge in [-0.15, -0.1) is 0 Å². The van der Waals surface area contributed by atoms with Gasteiger partial charge in [-0.3, -0.25) is 4.79 Å². The standard InChI is InChI=1S/C30H35FO4/c1-6-7-22(29(32)33)16-20-8-11-23(12-9-20)35-19-21-10-14-27(30(2,3)4)25(17-21)26-18-24(34-5)13-15-28(26)31/h8-15,17-18,22H,6-7,16,19H2,1-5H3,(H,32,33). The number of hydrogen-bond acceptors (Lipinski definition) is 3. The molecule has 5 heteroatoms. The van der Waals surface area contributed by atoms with Crippen molar-refractivity contribution in [2.24, 2.45) is 5.92 Å². The van der Waals surface area contributed by atoms with Crippen molar-refractivity contribution in [3.8, 4) is 22.6 Å². The van der Waals surface area contributed by atoms with Crippen molar-refractivity contribution >= 4 is 5.97 Å². The lowest BCUT2D eigenvalue weighted by Crippen LogP contribution is -2.16. The van der Waals surface area contributed by atoms with Gasteiger partial charge >= 0.3 is 5.97 Å². The first-order valence-corrected chi connectivity index (χ1v) is 12.0. The minimum absolute atomic E-state index is 0.175. The maximum Gasteiger partial charge on any atom is 0.306 e. The molecule has 0 fully saturated rings. The first-order valence-electron chi connectivity index (χ1n) is 12.0. The third kappa shape index (κ3) is 6.84. The Morgan fingerprint density at radius 1 is 0.943 bits per heavy atom. The normalized spacial score (nSPS) is 12.3. The lowest BCUT2D eigenvalue weighted by atomic mass is 9.81. The molecule has 0 saturated carbocycles. The molecule has 0 aliphatic carbocycles. The molecule has 0 aliphatic heterocycles. The summed E-state index contributed by atoms with van der Waals surface area (Å²) in [6.45, 7) is 8.65. The first-order chi connectivity index (χ1) is 16.6. The summed E-state index contributed by atoms with van der Waals surface area (Å²) in [6.07, 6.45) is 2.01. The van der Waals surface area contributed by atoms with E-state index in [0.717, 1.165) is 28.7 Å². The van der Waals surface area contributed by atoms with Crippen LogP contribution in [0.5, 0.6) is 11.5 Å². The summed E-state index contributed by atoms with van der Waals surface area (Å²) in [5.74, 6) is -0.123. The molecule has 3 aromatic carbocycles. The maximum atomic E-state index is 14.8. The molecule has 0 spiro atoms. The highest BCUT2D eigenvalue weighted by atomic mass is 19.1. The van der Waals surface area contributed by atoms with Crippen LogP contribution in [0, 0.1) is 11.7 Å². The number of benzene rings is 3. The number of carboxylic acid groups (broad SMARTS) is 1. The van der Waals surface area contributed by atoms with E-state index in [1.54, 1.807) is 19.2 Å². The monoisotopic (exact) mass is 478 g/mol. The second-order valence-electron chi connectivity index (χ2n) is 9.94. The molecule has 3 aromatic rings. The van der Waals surface area contributed by atoms with Crippen molar-refractivity contribution in [2.75, 3.05) is 7.11 Å². The fraction of sp³-hybridized carbons (Fsp3) is 0.367. The van der Waals surface area contributed by atoms with E-state index < -0.39 is 5.97 Å². The molecule has 3 rings (SSSR count). The predicted octanol–water partition coefficient (Wildman–Crippen LogP) is 7.42. The zero-order valence-corrected chi connectivity index (χ0v) is 21.2. The zero-order valence-electron chi connectivity index (χ0n) is 21.2. The molecule has 0 aliphatic rings. The molecule has 1 unspecified atom stereocenters. The van der Waals surface area contributed by atoms with Crippen LogP contribution in [0.1, 0.15) is 57.2 Å². The van der Waals surface area contributed by atoms with Crippen LogP contribution in [-0.4, -0.2) is 18.2 Å². The van der Waals surface area contributed by atoms with Crippen molar-refractivity contribution in [3.63, 3.8) is 0 Å². The van der Waals surface area contributed by atoms with Crippen LogP contribution in [-0.2, 0) is 23.2 Å². The van der Waals surface area contributed by atoms with Gasteiger partial charge in [-0.05, 0) is 76.9 Å². The van der Waals surface area contributed by atoms with Gasteiger partial charge in [0.1, 0.15) is 23.9 Å². The third-order valence-electron chi connectivity index (χ3n) is 6.15. The van der Waals surface area contributed by atoms with Gasteiger partial charge in [-0.1, -0.05) is 58.4 Å². The molecular weight excluding hydrogens is 443 g/mol. The second kappa shape index (κ2) is 11.4. The molecule has 0 heterocycles. The van der Waals surface area contributed by atoms with Crippen LogP contribution in [0.25, 0.3) is 11.1 Å². The fourth-order valence-electron chi connectivity index (χ4n) is 4.23. The van der Waals surface area contributed by atoms with Gasteiger partial charge in [0.15, 0.2) is 0 Å². The summed E-state index contributed by atoms with van der Waals surface area (Å²) < 4.78 is 26.2. The van der Waals surface area contributed by atoms with Gasteiger partial charge in [0, 0.05) is 5.56 Å². The average molecular weight is 479 g/mol. The molecule has 0 saturated heterocycles. The molecule has 0 bridgehead atoms. The number of carboxylic acids is 1. The number of ether oxygens (including phenoxy) is 2. The average Bonchev–Trinajstić information content (AvgIpc) is 2.82. The van der Waals surface area contributed by atoms with Crippen LogP contribution in [0.15, 0.2) is 60.7 Å². The van der Waals surface area contributed by atoms with E-state index in [1.807, 2.05) is 49.4 Å². The van der Waals surface area contributed by atoms with Gasteiger partial charge in [0.2, 0.25) is 0 Å². The van der Waals surface area contributed by atoms with Crippen molar-refractivity contribution in [1.82, 2.24) is 0 Å². The third-order valence-corrected chi connectivity index (χ3v) is 6.15. The second-order valence-corrected chi connectivity index (χ2v) is 9.94. The lowest BCUT2D eigenvalue weighted by Gasteiger charge is -2.24. The summed E-state index contributed by atoms with van der Waals surface area (Å²) in [4.78, 5) is 11.4. The molecule has 0 aromatic heterocycles. The minimum Gasteiger partial charge on any atom is -0.497 e. The molecule has 0 amide bonds. The summed E-state index contributed by atoms with van der Waals surface area (Å²) >= 11 is 0. The summed E-state index contributed by atoms with van der Waals surface area (Å²) in [5, 5.41) is 9.40. The molecule has 4 nitrogen and oxygen atoms in total. The van der Waals surface area contributed by atoms with Crippen molar-refractivity contribution < 1.29 is 23.8 Å². The highest BCUT2D eigenvalue weighted by Gasteiger charge is 2.21. The Morgan fingerprint density at radius 2 is 1.60 bits per heavy atom. The van der Waals surface area contributed by atoms with E-state index in [9.17, 15) is 14.3 Å². The molecule has 0 radical (unpaired) electrons. The van der Waals surface area contributed by atoms with Crippen molar-refractivity contribution in [3.05, 3.63) is 83.2 Å². The smallest absolute Gasteiger partial charge is 0.306 e. The van der Waals surface area contributed by atoms with E-state index >= 15 is 0 Å². The van der Waals surface area contributed by atoms with E-state index in [-0.39, 0.29) is 17.2 Å². The highest BCUT2D eigenvalue weighted by Crippen LogP contribution is 2.36. The lowest BCUT2D eigenvalue weighted by molar-refractivity contribution is -0.141. The van der Waals surface area contributed by atoms with E-state index in [4.69, 9.17) is 9.47 Å². The Morgan fingerprint density at radius 3 is 2.20 bits per heavy atom. The van der Waals surface area contributed by atoms with Gasteiger partial charge in [0.05, 0.1) is 13.0 Å². The van der Waals surface area contributed by atoms with Crippen LogP contribution in [0.3, 0.4) is 0 Å². The maximum absolute atomic E-state index is 14.8. The van der Waals surface area contributed by atoms with Crippen LogP contribution >= 0.6 is 0 Å². The summed E-state index contributed by atoms with van der Waals surface area (Å²) in [7, 11) is 1.57. The number of aliphatic carboxylic acids is 1. The van der Waals surface area contributed by atoms with E-state index in [2.05, 4.69) is 20.8 Å². The van der Waals surface area contributed by atoms with Gasteiger partial charge in [-0.25, -0.2) is 4.39 Å². The van der Waals surface area contributed by atoms with E-state index in [1.165, 1.54) is 6.07 Å². The zero-order chi connectivity index (χ0) is 25.6. The molecule has 35 heavy (non-hydrogen) atoms. The Hall–Kier alpha value is -3.34. The molecular formula is C30H35FO4. The number of methoxy groups -OCH3 is 1. The largest absolute Gasteiger partial charge is 0.497 e.